The maximum atomic E-state index is 15.4. The van der Waals surface area contributed by atoms with Gasteiger partial charge in [0.25, 0.3) is 17.9 Å². The summed E-state index contributed by atoms with van der Waals surface area (Å²) >= 11 is 6.56. The zero-order chi connectivity index (χ0) is 40.7. The van der Waals surface area contributed by atoms with Crippen LogP contribution in [0.4, 0.5) is 32.2 Å². The Morgan fingerprint density at radius 1 is 1.04 bits per heavy atom. The number of halogens is 7. The molecule has 0 spiro atoms. The molecule has 57 heavy (non-hydrogen) atoms. The Labute approximate surface area is 324 Å². The summed E-state index contributed by atoms with van der Waals surface area (Å²) in [6.45, 7) is -0.964. The first-order chi connectivity index (χ1) is 26.9. The average Bonchev–Trinajstić information content (AvgIpc) is 3.66. The number of nitrogens with zero attached hydrogens (tertiary/aromatic N) is 6. The number of carbonyl (C=O) groups is 1. The van der Waals surface area contributed by atoms with E-state index in [1.54, 1.807) is 30.3 Å². The van der Waals surface area contributed by atoms with Crippen LogP contribution in [0.15, 0.2) is 71.5 Å². The van der Waals surface area contributed by atoms with Gasteiger partial charge in [-0.3, -0.25) is 28.2 Å². The monoisotopic (exact) mass is 830 g/mol. The van der Waals surface area contributed by atoms with E-state index in [1.165, 1.54) is 29.9 Å². The number of nitrogens with one attached hydrogen (secondary N) is 2. The molecule has 2 N–H and O–H groups in total. The van der Waals surface area contributed by atoms with Crippen LogP contribution in [-0.2, 0) is 40.8 Å². The molecule has 2 aliphatic carbocycles. The maximum absolute atomic E-state index is 15.4. The summed E-state index contributed by atoms with van der Waals surface area (Å²) in [5.74, 6) is -8.91. The lowest BCUT2D eigenvalue weighted by molar-refractivity contribution is -0.123. The van der Waals surface area contributed by atoms with Gasteiger partial charge in [-0.1, -0.05) is 41.9 Å². The number of anilines is 1. The van der Waals surface area contributed by atoms with Gasteiger partial charge in [-0.25, -0.2) is 31.0 Å². The lowest BCUT2D eigenvalue weighted by Gasteiger charge is -2.24. The number of hydrogen-bond acceptors (Lipinski definition) is 7. The highest BCUT2D eigenvalue weighted by Gasteiger charge is 2.67. The Morgan fingerprint density at radius 3 is 2.40 bits per heavy atom. The molecule has 3 atom stereocenters. The van der Waals surface area contributed by atoms with Crippen molar-refractivity contribution >= 4 is 44.3 Å². The first-order valence-electron chi connectivity index (χ1n) is 17.3. The van der Waals surface area contributed by atoms with Crippen LogP contribution < -0.4 is 15.6 Å². The van der Waals surface area contributed by atoms with Gasteiger partial charge in [-0.2, -0.15) is 19.0 Å². The SMILES string of the molecule is Cn1nc(NS(C)(=O)=O)c2c(Cl)ccc(-n3c([C@@H](Cc4cc(F)cc(F)c4)NC(=O)Cn4nc(C(F)F)c5c4C(F)(F)C4CC54)nc(-c4ccccc4)cc3=O)c21. The Morgan fingerprint density at radius 2 is 1.74 bits per heavy atom. The van der Waals surface area contributed by atoms with E-state index in [-0.39, 0.29) is 56.5 Å². The minimum atomic E-state index is -3.88. The summed E-state index contributed by atoms with van der Waals surface area (Å²) in [6.07, 6.45) is -2.72. The van der Waals surface area contributed by atoms with Crippen LogP contribution in [-0.4, -0.2) is 49.7 Å². The summed E-state index contributed by atoms with van der Waals surface area (Å²) in [5, 5.41) is 10.8. The third-order valence-corrected chi connectivity index (χ3v) is 10.8. The summed E-state index contributed by atoms with van der Waals surface area (Å²) in [7, 11) is -2.43. The first kappa shape index (κ1) is 38.2. The van der Waals surface area contributed by atoms with E-state index in [9.17, 15) is 35.6 Å². The molecular formula is C37H29ClF6N8O4S. The molecule has 1 saturated carbocycles. The highest BCUT2D eigenvalue weighted by Crippen LogP contribution is 2.68. The molecule has 8 rings (SSSR count). The molecule has 0 radical (unpaired) electrons. The fraction of sp³-hybridized carbons (Fsp3) is 0.270. The average molecular weight is 831 g/mol. The van der Waals surface area contributed by atoms with Gasteiger partial charge in [0.05, 0.1) is 39.6 Å². The smallest absolute Gasteiger partial charge is 0.293 e. The number of fused-ring (bicyclic) bond motifs is 4. The number of aromatic nitrogens is 6. The van der Waals surface area contributed by atoms with Crippen LogP contribution in [0, 0.1) is 17.6 Å². The van der Waals surface area contributed by atoms with Gasteiger partial charge >= 0.3 is 0 Å². The van der Waals surface area contributed by atoms with Gasteiger partial charge in [-0.15, -0.1) is 0 Å². The van der Waals surface area contributed by atoms with Crippen LogP contribution in [0.1, 0.15) is 53.1 Å². The number of amides is 1. The van der Waals surface area contributed by atoms with Gasteiger partial charge in [-0.05, 0) is 42.2 Å². The molecule has 1 fully saturated rings. The van der Waals surface area contributed by atoms with E-state index in [4.69, 9.17) is 16.6 Å². The first-order valence-corrected chi connectivity index (χ1v) is 19.5. The van der Waals surface area contributed by atoms with Crippen molar-refractivity contribution in [2.24, 2.45) is 13.0 Å². The molecule has 12 nitrogen and oxygen atoms in total. The molecule has 1 amide bonds. The van der Waals surface area contributed by atoms with E-state index >= 15 is 8.78 Å². The highest BCUT2D eigenvalue weighted by atomic mass is 35.5. The second-order valence-electron chi connectivity index (χ2n) is 14.0. The summed E-state index contributed by atoms with van der Waals surface area (Å²) in [4.78, 5) is 33.1. The maximum Gasteiger partial charge on any atom is 0.293 e. The predicted octanol–water partition coefficient (Wildman–Crippen LogP) is 6.53. The number of aryl methyl sites for hydroxylation is 1. The number of sulfonamides is 1. The van der Waals surface area contributed by atoms with Gasteiger partial charge in [0, 0.05) is 42.6 Å². The predicted molar refractivity (Wildman–Crippen MR) is 196 cm³/mol. The fourth-order valence-electron chi connectivity index (χ4n) is 7.64. The molecule has 0 bridgehead atoms. The minimum Gasteiger partial charge on any atom is -0.344 e. The number of alkyl halides is 4. The topological polar surface area (TPSA) is 146 Å². The number of benzene rings is 3. The largest absolute Gasteiger partial charge is 0.344 e. The van der Waals surface area contributed by atoms with Gasteiger partial charge in [0.2, 0.25) is 15.9 Å². The molecule has 0 saturated heterocycles. The Hall–Kier alpha value is -5.69. The second kappa shape index (κ2) is 13.8. The molecule has 3 aromatic carbocycles. The van der Waals surface area contributed by atoms with Crippen molar-refractivity contribution in [3.8, 4) is 16.9 Å². The quantitative estimate of drug-likeness (QED) is 0.141. The molecule has 3 heterocycles. The lowest BCUT2D eigenvalue weighted by Crippen LogP contribution is -2.38. The Balaban J connectivity index is 1.31. The number of carbonyl (C=O) groups excluding carboxylic acids is 1. The molecule has 296 valence electrons. The van der Waals surface area contributed by atoms with Gasteiger partial charge < -0.3 is 5.32 Å². The third-order valence-electron chi connectivity index (χ3n) is 9.92. The number of rotatable bonds is 11. The van der Waals surface area contributed by atoms with Crippen molar-refractivity contribution < 1.29 is 39.6 Å². The van der Waals surface area contributed by atoms with Gasteiger partial charge in [0.1, 0.15) is 35.4 Å². The van der Waals surface area contributed by atoms with Crippen molar-refractivity contribution in [3.63, 3.8) is 0 Å². The normalized spacial score (nSPS) is 17.4. The zero-order valence-corrected chi connectivity index (χ0v) is 31.2. The van der Waals surface area contributed by atoms with Crippen LogP contribution in [0.3, 0.4) is 0 Å². The van der Waals surface area contributed by atoms with Crippen LogP contribution in [0.25, 0.3) is 27.8 Å². The fourth-order valence-corrected chi connectivity index (χ4v) is 8.38. The molecule has 6 aromatic rings. The van der Waals surface area contributed by atoms with Gasteiger partial charge in [0.15, 0.2) is 5.82 Å². The van der Waals surface area contributed by atoms with Crippen LogP contribution >= 0.6 is 11.6 Å². The van der Waals surface area contributed by atoms with E-state index in [1.807, 2.05) is 0 Å². The summed E-state index contributed by atoms with van der Waals surface area (Å²) in [5.41, 5.74) is -1.93. The highest BCUT2D eigenvalue weighted by molar-refractivity contribution is 7.92. The van der Waals surface area contributed by atoms with Crippen molar-refractivity contribution in [1.82, 2.24) is 34.4 Å². The van der Waals surface area contributed by atoms with Crippen molar-refractivity contribution in [2.75, 3.05) is 11.0 Å². The lowest BCUT2D eigenvalue weighted by atomic mass is 10.0. The summed E-state index contributed by atoms with van der Waals surface area (Å²) < 4.78 is 118. The molecule has 3 aromatic heterocycles. The molecule has 0 aliphatic heterocycles. The molecular weight excluding hydrogens is 802 g/mol. The summed E-state index contributed by atoms with van der Waals surface area (Å²) in [6, 6.07) is 13.5. The van der Waals surface area contributed by atoms with Crippen molar-refractivity contribution in [3.05, 3.63) is 122 Å². The number of hydrogen-bond donors (Lipinski definition) is 2. The molecule has 2 aliphatic rings. The standard InChI is InChI=1S/C37H29ClF6N8O4S/c1-50-32-26(9-8-23(38)30(32)35(48-50)49-57(2,55)56)52-28(54)15-24(18-6-4-3-5-7-18)46-36(52)25(12-17-10-19(39)13-20(40)11-17)45-27(53)16-51-33-29(31(47-51)34(41)42)21-14-22(21)37(33,43)44/h3-11,13,15,21-22,25,34H,12,14,16H2,1-2H3,(H,45,53)(H,48,49)/t21?,22?,25-/m1/s1. The Kier molecular flexibility index (Phi) is 9.22. The minimum absolute atomic E-state index is 0.00523. The second-order valence-corrected chi connectivity index (χ2v) is 16.1. The van der Waals surface area contributed by atoms with E-state index in [0.29, 0.717) is 16.3 Å². The molecule has 2 unspecified atom stereocenters. The van der Waals surface area contributed by atoms with Crippen molar-refractivity contribution in [2.45, 2.75) is 43.7 Å². The van der Waals surface area contributed by atoms with E-state index in [0.717, 1.165) is 23.0 Å². The zero-order valence-electron chi connectivity index (χ0n) is 29.7. The molecule has 20 heteroatoms. The van der Waals surface area contributed by atoms with Crippen LogP contribution in [0.2, 0.25) is 5.02 Å². The Bertz CT molecular complexity index is 2770. The third kappa shape index (κ3) is 6.91. The van der Waals surface area contributed by atoms with E-state index in [2.05, 4.69) is 20.2 Å². The van der Waals surface area contributed by atoms with Crippen LogP contribution in [0.5, 0.6) is 0 Å². The van der Waals surface area contributed by atoms with Crippen molar-refractivity contribution in [1.29, 1.82) is 0 Å². The van der Waals surface area contributed by atoms with E-state index < -0.39 is 87.7 Å².